The van der Waals surface area contributed by atoms with Crippen molar-refractivity contribution in [1.29, 1.82) is 0 Å². The molecule has 6 rings (SSSR count). The SMILES string of the molecule is CC1(C)Cc2c(c(-c3ccco3)nc3sc4c(NCc5ccccc5)ncnc4c23)CO1. The fourth-order valence-corrected chi connectivity index (χ4v) is 5.46. The van der Waals surface area contributed by atoms with Gasteiger partial charge in [0.05, 0.1) is 28.7 Å². The van der Waals surface area contributed by atoms with Gasteiger partial charge in [-0.2, -0.15) is 0 Å². The molecule has 4 aromatic heterocycles. The lowest BCUT2D eigenvalue weighted by Gasteiger charge is -2.32. The first-order valence-electron chi connectivity index (χ1n) is 10.6. The van der Waals surface area contributed by atoms with Crippen molar-refractivity contribution in [3.05, 3.63) is 71.7 Å². The minimum Gasteiger partial charge on any atom is -0.463 e. The van der Waals surface area contributed by atoms with Crippen LogP contribution in [0.15, 0.2) is 59.5 Å². The predicted octanol–water partition coefficient (Wildman–Crippen LogP) is 5.96. The van der Waals surface area contributed by atoms with Gasteiger partial charge in [-0.15, -0.1) is 11.3 Å². The fraction of sp³-hybridized carbons (Fsp3) is 0.240. The van der Waals surface area contributed by atoms with Gasteiger partial charge in [0.15, 0.2) is 5.76 Å². The highest BCUT2D eigenvalue weighted by Crippen LogP contribution is 2.44. The van der Waals surface area contributed by atoms with Crippen LogP contribution in [0.5, 0.6) is 0 Å². The van der Waals surface area contributed by atoms with Gasteiger partial charge in [-0.1, -0.05) is 30.3 Å². The number of thiophene rings is 1. The van der Waals surface area contributed by atoms with E-state index in [2.05, 4.69) is 41.3 Å². The predicted molar refractivity (Wildman–Crippen MR) is 127 cm³/mol. The van der Waals surface area contributed by atoms with E-state index in [1.165, 1.54) is 11.1 Å². The average molecular weight is 443 g/mol. The average Bonchev–Trinajstić information content (AvgIpc) is 3.45. The number of nitrogens with one attached hydrogen (secondary N) is 1. The zero-order valence-corrected chi connectivity index (χ0v) is 18.7. The van der Waals surface area contributed by atoms with Crippen molar-refractivity contribution in [1.82, 2.24) is 15.0 Å². The van der Waals surface area contributed by atoms with Crippen molar-refractivity contribution >= 4 is 37.6 Å². The van der Waals surface area contributed by atoms with Gasteiger partial charge in [0.2, 0.25) is 0 Å². The van der Waals surface area contributed by atoms with E-state index in [9.17, 15) is 0 Å². The van der Waals surface area contributed by atoms with Gasteiger partial charge >= 0.3 is 0 Å². The summed E-state index contributed by atoms with van der Waals surface area (Å²) in [6.45, 7) is 5.46. The molecule has 0 fully saturated rings. The third-order valence-electron chi connectivity index (χ3n) is 5.89. The molecule has 0 radical (unpaired) electrons. The van der Waals surface area contributed by atoms with Crippen LogP contribution >= 0.6 is 11.3 Å². The second kappa shape index (κ2) is 7.39. The van der Waals surface area contributed by atoms with Gasteiger partial charge in [0.25, 0.3) is 0 Å². The Hall–Kier alpha value is -3.29. The monoisotopic (exact) mass is 442 g/mol. The first-order chi connectivity index (χ1) is 15.6. The van der Waals surface area contributed by atoms with E-state index >= 15 is 0 Å². The lowest BCUT2D eigenvalue weighted by atomic mass is 9.89. The van der Waals surface area contributed by atoms with Crippen LogP contribution in [0, 0.1) is 0 Å². The Morgan fingerprint density at radius 1 is 1.06 bits per heavy atom. The van der Waals surface area contributed by atoms with Crippen LogP contribution in [0.25, 0.3) is 31.9 Å². The maximum atomic E-state index is 6.16. The van der Waals surface area contributed by atoms with Crippen molar-refractivity contribution < 1.29 is 9.15 Å². The summed E-state index contributed by atoms with van der Waals surface area (Å²) in [4.78, 5) is 15.2. The van der Waals surface area contributed by atoms with Crippen LogP contribution in [0.3, 0.4) is 0 Å². The summed E-state index contributed by atoms with van der Waals surface area (Å²) in [7, 11) is 0. The molecule has 0 unspecified atom stereocenters. The molecule has 0 atom stereocenters. The highest BCUT2D eigenvalue weighted by Gasteiger charge is 2.32. The van der Waals surface area contributed by atoms with E-state index in [0.717, 1.165) is 49.7 Å². The molecule has 160 valence electrons. The second-order valence-corrected chi connectivity index (χ2v) is 9.64. The first kappa shape index (κ1) is 19.4. The molecule has 7 heteroatoms. The van der Waals surface area contributed by atoms with E-state index < -0.39 is 0 Å². The topological polar surface area (TPSA) is 73.1 Å². The third kappa shape index (κ3) is 3.25. The molecular weight excluding hydrogens is 420 g/mol. The molecule has 6 nitrogen and oxygen atoms in total. The summed E-state index contributed by atoms with van der Waals surface area (Å²) in [5.41, 5.74) is 5.09. The minimum absolute atomic E-state index is 0.253. The molecule has 0 amide bonds. The summed E-state index contributed by atoms with van der Waals surface area (Å²) >= 11 is 1.63. The number of hydrogen-bond donors (Lipinski definition) is 1. The Morgan fingerprint density at radius 2 is 1.94 bits per heavy atom. The van der Waals surface area contributed by atoms with Crippen LogP contribution in [0.4, 0.5) is 5.82 Å². The van der Waals surface area contributed by atoms with Crippen LogP contribution < -0.4 is 5.32 Å². The third-order valence-corrected chi connectivity index (χ3v) is 6.97. The summed E-state index contributed by atoms with van der Waals surface area (Å²) in [6.07, 6.45) is 4.11. The number of pyridine rings is 1. The highest BCUT2D eigenvalue weighted by atomic mass is 32.1. The van der Waals surface area contributed by atoms with Crippen molar-refractivity contribution in [2.24, 2.45) is 0 Å². The molecular formula is C25H22N4O2S. The van der Waals surface area contributed by atoms with Crippen molar-refractivity contribution in [3.8, 4) is 11.5 Å². The van der Waals surface area contributed by atoms with Gasteiger partial charge in [0.1, 0.15) is 22.7 Å². The molecule has 0 spiro atoms. The maximum absolute atomic E-state index is 6.16. The standard InChI is InChI=1S/C25H22N4O2S/c1-25(2)11-16-17(13-31-25)20(18-9-6-10-30-18)29-24-19(16)21-22(32-24)23(28-14-27-21)26-12-15-7-4-3-5-8-15/h3-10,14H,11-13H2,1-2H3,(H,26,27,28). The summed E-state index contributed by atoms with van der Waals surface area (Å²) < 4.78 is 12.9. The second-order valence-electron chi connectivity index (χ2n) is 8.64. The van der Waals surface area contributed by atoms with E-state index in [1.54, 1.807) is 23.9 Å². The van der Waals surface area contributed by atoms with Gasteiger partial charge in [0, 0.05) is 23.9 Å². The maximum Gasteiger partial charge on any atom is 0.152 e. The molecule has 1 N–H and O–H groups in total. The molecule has 0 saturated heterocycles. The zero-order valence-electron chi connectivity index (χ0n) is 17.9. The Balaban J connectivity index is 1.54. The highest BCUT2D eigenvalue weighted by molar-refractivity contribution is 7.26. The Bertz CT molecular complexity index is 1430. The normalized spacial score (nSPS) is 15.2. The number of aromatic nitrogens is 3. The van der Waals surface area contributed by atoms with Crippen molar-refractivity contribution in [2.45, 2.75) is 39.0 Å². The Labute approximate surface area is 189 Å². The number of fused-ring (bicyclic) bond motifs is 5. The Morgan fingerprint density at radius 3 is 2.75 bits per heavy atom. The molecule has 0 aliphatic carbocycles. The molecule has 32 heavy (non-hydrogen) atoms. The van der Waals surface area contributed by atoms with Crippen LogP contribution in [0.1, 0.15) is 30.5 Å². The van der Waals surface area contributed by atoms with Gasteiger partial charge in [-0.05, 0) is 37.1 Å². The lowest BCUT2D eigenvalue weighted by Crippen LogP contribution is -2.32. The van der Waals surface area contributed by atoms with Gasteiger partial charge in [-0.25, -0.2) is 15.0 Å². The lowest BCUT2D eigenvalue weighted by molar-refractivity contribution is -0.0395. The number of ether oxygens (including phenoxy) is 1. The molecule has 5 heterocycles. The number of benzene rings is 1. The largest absolute Gasteiger partial charge is 0.463 e. The quantitative estimate of drug-likeness (QED) is 0.370. The van der Waals surface area contributed by atoms with E-state index in [0.29, 0.717) is 13.2 Å². The van der Waals surface area contributed by atoms with Crippen molar-refractivity contribution in [3.63, 3.8) is 0 Å². The Kier molecular flexibility index (Phi) is 4.48. The molecule has 1 aliphatic heterocycles. The minimum atomic E-state index is -0.253. The summed E-state index contributed by atoms with van der Waals surface area (Å²) in [5, 5.41) is 4.60. The van der Waals surface area contributed by atoms with E-state index in [-0.39, 0.29) is 5.60 Å². The van der Waals surface area contributed by atoms with Gasteiger partial charge < -0.3 is 14.5 Å². The van der Waals surface area contributed by atoms with E-state index in [4.69, 9.17) is 14.1 Å². The van der Waals surface area contributed by atoms with Crippen molar-refractivity contribution in [2.75, 3.05) is 5.32 Å². The molecule has 5 aromatic rings. The molecule has 0 saturated carbocycles. The molecule has 0 bridgehead atoms. The smallest absolute Gasteiger partial charge is 0.152 e. The number of anilines is 1. The number of furan rings is 1. The van der Waals surface area contributed by atoms with Crippen LogP contribution in [0.2, 0.25) is 0 Å². The van der Waals surface area contributed by atoms with Crippen LogP contribution in [-0.4, -0.2) is 20.6 Å². The first-order valence-corrected chi connectivity index (χ1v) is 11.5. The number of nitrogens with zero attached hydrogens (tertiary/aromatic N) is 3. The fourth-order valence-electron chi connectivity index (χ4n) is 4.33. The number of hydrogen-bond acceptors (Lipinski definition) is 7. The molecule has 1 aliphatic rings. The summed E-state index contributed by atoms with van der Waals surface area (Å²) in [5.74, 6) is 1.60. The van der Waals surface area contributed by atoms with E-state index in [1.807, 2.05) is 30.3 Å². The zero-order chi connectivity index (χ0) is 21.7. The van der Waals surface area contributed by atoms with Gasteiger partial charge in [-0.3, -0.25) is 0 Å². The molecule has 1 aromatic carbocycles. The summed E-state index contributed by atoms with van der Waals surface area (Å²) in [6, 6.07) is 14.2. The number of rotatable bonds is 4. The van der Waals surface area contributed by atoms with Crippen LogP contribution in [-0.2, 0) is 24.3 Å².